The van der Waals surface area contributed by atoms with Crippen LogP contribution >= 0.6 is 0 Å². The van der Waals surface area contributed by atoms with Crippen molar-refractivity contribution in [1.29, 1.82) is 0 Å². The number of aromatic nitrogens is 1. The Morgan fingerprint density at radius 2 is 1.85 bits per heavy atom. The second-order valence-corrected chi connectivity index (χ2v) is 12.1. The molecule has 2 aliphatic rings. The number of aromatic hydroxyl groups is 3. The number of hydrogen-bond acceptors (Lipinski definition) is 7. The van der Waals surface area contributed by atoms with E-state index in [1.54, 1.807) is 12.3 Å². The van der Waals surface area contributed by atoms with E-state index < -0.39 is 30.3 Å². The highest BCUT2D eigenvalue weighted by molar-refractivity contribution is 5.64. The number of H-pyrrole nitrogens is 1. The molecule has 8 nitrogen and oxygen atoms in total. The Bertz CT molecular complexity index is 1340. The van der Waals surface area contributed by atoms with Gasteiger partial charge in [-0.15, -0.1) is 0 Å². The number of hydrogen-bond donors (Lipinski definition) is 6. The molecule has 5 rings (SSSR count). The van der Waals surface area contributed by atoms with Gasteiger partial charge in [0.2, 0.25) is 5.75 Å². The summed E-state index contributed by atoms with van der Waals surface area (Å²) in [5.74, 6) is 0.371. The first-order valence-corrected chi connectivity index (χ1v) is 14.7. The maximum Gasteiger partial charge on any atom is 0.201 e. The van der Waals surface area contributed by atoms with E-state index in [2.05, 4.69) is 24.9 Å². The lowest BCUT2D eigenvalue weighted by molar-refractivity contribution is -0.154. The molecule has 1 saturated heterocycles. The molecule has 0 radical (unpaired) electrons. The van der Waals surface area contributed by atoms with Crippen molar-refractivity contribution in [2.24, 2.45) is 11.8 Å². The van der Waals surface area contributed by atoms with Gasteiger partial charge in [-0.1, -0.05) is 26.0 Å². The Morgan fingerprint density at radius 3 is 2.54 bits per heavy atom. The summed E-state index contributed by atoms with van der Waals surface area (Å²) in [5, 5.41) is 53.7. The number of aromatic amines is 1. The van der Waals surface area contributed by atoms with Crippen LogP contribution in [0.2, 0.25) is 0 Å². The number of aryl methyl sites for hydroxylation is 1. The fourth-order valence-electron chi connectivity index (χ4n) is 6.84. The van der Waals surface area contributed by atoms with E-state index in [0.29, 0.717) is 35.6 Å². The summed E-state index contributed by atoms with van der Waals surface area (Å²) in [6.45, 7) is 3.86. The molecule has 3 aromatic rings. The molecule has 8 heteroatoms. The Morgan fingerprint density at radius 1 is 1.05 bits per heavy atom. The summed E-state index contributed by atoms with van der Waals surface area (Å²) in [5.41, 5.74) is 4.43. The zero-order chi connectivity index (χ0) is 29.3. The first kappa shape index (κ1) is 29.3. The van der Waals surface area contributed by atoms with E-state index in [1.165, 1.54) is 12.7 Å². The zero-order valence-corrected chi connectivity index (χ0v) is 24.1. The van der Waals surface area contributed by atoms with Crippen LogP contribution in [-0.4, -0.2) is 49.8 Å². The van der Waals surface area contributed by atoms with E-state index in [9.17, 15) is 25.5 Å². The summed E-state index contributed by atoms with van der Waals surface area (Å²) in [6, 6.07) is 7.83. The largest absolute Gasteiger partial charge is 0.508 e. The lowest BCUT2D eigenvalue weighted by Gasteiger charge is -2.45. The minimum Gasteiger partial charge on any atom is -0.508 e. The fourth-order valence-corrected chi connectivity index (χ4v) is 6.84. The van der Waals surface area contributed by atoms with Crippen LogP contribution in [0.1, 0.15) is 91.4 Å². The second kappa shape index (κ2) is 12.3. The van der Waals surface area contributed by atoms with Crippen LogP contribution in [-0.2, 0) is 24.2 Å². The van der Waals surface area contributed by atoms with Crippen molar-refractivity contribution in [3.63, 3.8) is 0 Å². The third-order valence-corrected chi connectivity index (χ3v) is 9.07. The Balaban J connectivity index is 1.46. The van der Waals surface area contributed by atoms with Crippen molar-refractivity contribution in [3.8, 4) is 23.0 Å². The van der Waals surface area contributed by atoms with Crippen molar-refractivity contribution in [2.75, 3.05) is 7.11 Å². The summed E-state index contributed by atoms with van der Waals surface area (Å²) >= 11 is 0. The molecule has 1 aromatic heterocycles. The van der Waals surface area contributed by atoms with Gasteiger partial charge in [0.05, 0.1) is 32.0 Å². The quantitative estimate of drug-likeness (QED) is 0.186. The molecule has 1 aliphatic carbocycles. The molecule has 6 N–H and O–H groups in total. The maximum absolute atomic E-state index is 11.3. The lowest BCUT2D eigenvalue weighted by atomic mass is 9.71. The van der Waals surface area contributed by atoms with Gasteiger partial charge in [0.1, 0.15) is 5.75 Å². The van der Waals surface area contributed by atoms with Gasteiger partial charge < -0.3 is 40.0 Å². The van der Waals surface area contributed by atoms with Crippen LogP contribution in [0.25, 0.3) is 0 Å². The van der Waals surface area contributed by atoms with Gasteiger partial charge in [-0.05, 0) is 78.3 Å². The molecule has 222 valence electrons. The SMILES string of the molecule is COc1c(O)c(O)c(CO)c([C@@H]2C[C@H](O)[C@H]3CC[C@@H](c4ccc(O)c(CCC(C)C)c4)C[C@@H]3O2)c1Cc1cc[nH]c1. The molecule has 1 aliphatic heterocycles. The van der Waals surface area contributed by atoms with Gasteiger partial charge in [-0.3, -0.25) is 0 Å². The predicted molar refractivity (Wildman–Crippen MR) is 155 cm³/mol. The fraction of sp³-hybridized carbons (Fsp3) is 0.515. The first-order valence-electron chi connectivity index (χ1n) is 14.7. The predicted octanol–water partition coefficient (Wildman–Crippen LogP) is 5.59. The van der Waals surface area contributed by atoms with E-state index in [1.807, 2.05) is 18.3 Å². The van der Waals surface area contributed by atoms with Crippen molar-refractivity contribution in [1.82, 2.24) is 4.98 Å². The number of benzene rings is 2. The number of nitrogens with one attached hydrogen (secondary N) is 1. The van der Waals surface area contributed by atoms with Crippen molar-refractivity contribution in [3.05, 3.63) is 70.0 Å². The lowest BCUT2D eigenvalue weighted by Crippen LogP contribution is -2.44. The normalized spacial score (nSPS) is 24.4. The molecule has 0 amide bonds. The van der Waals surface area contributed by atoms with E-state index >= 15 is 0 Å². The van der Waals surface area contributed by atoms with Crippen LogP contribution in [0.5, 0.6) is 23.0 Å². The maximum atomic E-state index is 11.3. The van der Waals surface area contributed by atoms with Crippen LogP contribution in [0, 0.1) is 11.8 Å². The number of fused-ring (bicyclic) bond motifs is 1. The van der Waals surface area contributed by atoms with Gasteiger partial charge in [-0.25, -0.2) is 0 Å². The van der Waals surface area contributed by atoms with Crippen molar-refractivity contribution in [2.45, 2.75) is 89.6 Å². The highest BCUT2D eigenvalue weighted by Crippen LogP contribution is 2.52. The highest BCUT2D eigenvalue weighted by atomic mass is 16.5. The monoisotopic (exact) mass is 565 g/mol. The second-order valence-electron chi connectivity index (χ2n) is 12.1. The van der Waals surface area contributed by atoms with Crippen molar-refractivity contribution < 1.29 is 35.0 Å². The molecule has 0 bridgehead atoms. The minimum atomic E-state index is -0.616. The summed E-state index contributed by atoms with van der Waals surface area (Å²) in [6.07, 6.45) is 7.17. The molecule has 0 spiro atoms. The number of ether oxygens (including phenoxy) is 2. The Labute approximate surface area is 241 Å². The van der Waals surface area contributed by atoms with E-state index in [4.69, 9.17) is 9.47 Å². The highest BCUT2D eigenvalue weighted by Gasteiger charge is 2.44. The molecule has 2 fully saturated rings. The van der Waals surface area contributed by atoms with Gasteiger partial charge in [0.25, 0.3) is 0 Å². The molecule has 2 aromatic carbocycles. The summed E-state index contributed by atoms with van der Waals surface area (Å²) < 4.78 is 12.3. The average molecular weight is 566 g/mol. The number of aliphatic hydroxyl groups is 2. The van der Waals surface area contributed by atoms with Crippen LogP contribution in [0.3, 0.4) is 0 Å². The number of phenols is 3. The van der Waals surface area contributed by atoms with E-state index in [-0.39, 0.29) is 29.3 Å². The molecule has 0 unspecified atom stereocenters. The molecular formula is C33H43NO7. The van der Waals surface area contributed by atoms with Gasteiger partial charge in [0, 0.05) is 42.3 Å². The number of aliphatic hydroxyl groups excluding tert-OH is 2. The van der Waals surface area contributed by atoms with Gasteiger partial charge in [-0.2, -0.15) is 0 Å². The molecule has 1 saturated carbocycles. The summed E-state index contributed by atoms with van der Waals surface area (Å²) in [7, 11) is 1.43. The molecule has 5 atom stereocenters. The van der Waals surface area contributed by atoms with E-state index in [0.717, 1.165) is 43.2 Å². The van der Waals surface area contributed by atoms with Gasteiger partial charge in [0.15, 0.2) is 11.5 Å². The van der Waals surface area contributed by atoms with Crippen LogP contribution < -0.4 is 4.74 Å². The number of phenolic OH excluding ortho intramolecular Hbond substituents is 2. The Kier molecular flexibility index (Phi) is 8.82. The van der Waals surface area contributed by atoms with Crippen molar-refractivity contribution >= 4 is 0 Å². The van der Waals surface area contributed by atoms with Crippen LogP contribution in [0.4, 0.5) is 0 Å². The number of methoxy groups -OCH3 is 1. The van der Waals surface area contributed by atoms with Crippen LogP contribution in [0.15, 0.2) is 36.7 Å². The third-order valence-electron chi connectivity index (χ3n) is 9.07. The third kappa shape index (κ3) is 5.92. The smallest absolute Gasteiger partial charge is 0.201 e. The first-order chi connectivity index (χ1) is 19.7. The zero-order valence-electron chi connectivity index (χ0n) is 24.1. The van der Waals surface area contributed by atoms with Gasteiger partial charge >= 0.3 is 0 Å². The molecule has 41 heavy (non-hydrogen) atoms. The molecular weight excluding hydrogens is 522 g/mol. The topological polar surface area (TPSA) is 135 Å². The summed E-state index contributed by atoms with van der Waals surface area (Å²) in [4.78, 5) is 3.04. The number of rotatable bonds is 9. The standard InChI is InChI=1S/C33H43NO7/c1-18(2)4-5-22-13-20(7-9-26(22)36)21-6-8-23-27(37)15-29(41-28(23)14-21)30-24(12-19-10-11-34-16-19)33(40-3)32(39)31(38)25(30)17-35/h7,9-11,13,16,18,21,23,27-29,34-39H,4-6,8,12,14-15,17H2,1-3H3/t21-,23-,27+,28+,29+/m1/s1. The minimum absolute atomic E-state index is 0.0154. The molecule has 2 heterocycles. The average Bonchev–Trinajstić information content (AvgIpc) is 3.47. The Hall–Kier alpha value is -3.20.